The van der Waals surface area contributed by atoms with E-state index >= 15 is 0 Å². The van der Waals surface area contributed by atoms with E-state index in [1.165, 1.54) is 7.05 Å². The minimum Gasteiger partial charge on any atom is -0.494 e. The van der Waals surface area contributed by atoms with E-state index in [-0.39, 0.29) is 17.4 Å². The van der Waals surface area contributed by atoms with Crippen LogP contribution in [-0.4, -0.2) is 75.5 Å². The fraction of sp³-hybridized carbons (Fsp3) is 0.481. The third kappa shape index (κ3) is 7.73. The van der Waals surface area contributed by atoms with Crippen LogP contribution in [-0.2, 0) is 11.8 Å². The number of anilines is 3. The number of nitrogens with zero attached hydrogens (tertiary/aromatic N) is 6. The average Bonchev–Trinajstić information content (AvgIpc) is 3.39. The molecule has 0 unspecified atom stereocenters. The van der Waals surface area contributed by atoms with Gasteiger partial charge in [0, 0.05) is 33.1 Å². The number of carbonyl (C=O) groups excluding carboxylic acids is 2. The van der Waals surface area contributed by atoms with Crippen molar-refractivity contribution < 1.29 is 14.3 Å². The number of carbonyl (C=O) groups is 2. The van der Waals surface area contributed by atoms with E-state index in [9.17, 15) is 9.59 Å². The number of para-hydroxylation sites is 1. The minimum absolute atomic E-state index is 0.0753. The lowest BCUT2D eigenvalue weighted by atomic mass is 9.99. The Hall–Kier alpha value is -4.06. The molecule has 1 aromatic carbocycles. The molecule has 12 nitrogen and oxygen atoms in total. The van der Waals surface area contributed by atoms with Gasteiger partial charge in [0.15, 0.2) is 23.1 Å². The van der Waals surface area contributed by atoms with Gasteiger partial charge in [-0.3, -0.25) is 14.3 Å². The van der Waals surface area contributed by atoms with E-state index < -0.39 is 5.91 Å². The summed E-state index contributed by atoms with van der Waals surface area (Å²) >= 11 is 0. The van der Waals surface area contributed by atoms with Gasteiger partial charge in [0.05, 0.1) is 24.0 Å². The highest BCUT2D eigenvalue weighted by Crippen LogP contribution is 2.37. The summed E-state index contributed by atoms with van der Waals surface area (Å²) < 4.78 is 7.27. The molecule has 2 aromatic heterocycles. The number of hydrogen-bond acceptors (Lipinski definition) is 9. The van der Waals surface area contributed by atoms with Crippen LogP contribution in [0.15, 0.2) is 30.6 Å². The largest absolute Gasteiger partial charge is 0.494 e. The molecular weight excluding hydrogens is 498 g/mol. The molecular formula is C27H39N9O3. The second-order valence-corrected chi connectivity index (χ2v) is 9.15. The summed E-state index contributed by atoms with van der Waals surface area (Å²) in [6.45, 7) is 8.98. The van der Waals surface area contributed by atoms with Crippen molar-refractivity contribution in [3.63, 3.8) is 0 Å². The number of piperidine rings is 1. The fourth-order valence-electron chi connectivity index (χ4n) is 4.22. The summed E-state index contributed by atoms with van der Waals surface area (Å²) in [6.07, 6.45) is 4.27. The summed E-state index contributed by atoms with van der Waals surface area (Å²) in [7, 11) is 4.84. The molecule has 4 rings (SSSR count). The average molecular weight is 538 g/mol. The number of aromatic nitrogens is 5. The Labute approximate surface area is 229 Å². The van der Waals surface area contributed by atoms with Gasteiger partial charge in [0.2, 0.25) is 5.91 Å². The van der Waals surface area contributed by atoms with Crippen molar-refractivity contribution in [2.45, 2.75) is 40.0 Å². The molecule has 1 aliphatic rings. The second kappa shape index (κ2) is 14.2. The number of aryl methyl sites for hydroxylation is 1. The van der Waals surface area contributed by atoms with Gasteiger partial charge in [0.25, 0.3) is 5.91 Å². The van der Waals surface area contributed by atoms with E-state index in [4.69, 9.17) is 4.74 Å². The summed E-state index contributed by atoms with van der Waals surface area (Å²) in [5.41, 5.74) is 1.69. The number of hydrogen-bond donors (Lipinski definition) is 3. The molecule has 210 valence electrons. The molecule has 12 heteroatoms. The Balaban J connectivity index is 0.00000205. The maximum Gasteiger partial charge on any atom is 0.273 e. The van der Waals surface area contributed by atoms with E-state index in [1.807, 2.05) is 26.0 Å². The van der Waals surface area contributed by atoms with Crippen LogP contribution in [0.4, 0.5) is 17.2 Å². The van der Waals surface area contributed by atoms with Crippen molar-refractivity contribution in [2.75, 3.05) is 44.4 Å². The maximum absolute atomic E-state index is 12.6. The minimum atomic E-state index is -0.422. The molecule has 2 amide bonds. The number of nitrogens with one attached hydrogen (secondary N) is 3. The van der Waals surface area contributed by atoms with Gasteiger partial charge in [-0.25, -0.2) is 4.98 Å². The van der Waals surface area contributed by atoms with Crippen molar-refractivity contribution in [3.05, 3.63) is 36.3 Å². The highest BCUT2D eigenvalue weighted by molar-refractivity contribution is 5.99. The summed E-state index contributed by atoms with van der Waals surface area (Å²) in [4.78, 5) is 31.7. The third-order valence-electron chi connectivity index (χ3n) is 6.36. The van der Waals surface area contributed by atoms with Crippen LogP contribution in [0, 0.1) is 5.92 Å². The number of amides is 2. The van der Waals surface area contributed by atoms with Gasteiger partial charge in [-0.05, 0) is 44.0 Å². The Morgan fingerprint density at radius 1 is 1.13 bits per heavy atom. The summed E-state index contributed by atoms with van der Waals surface area (Å²) in [5, 5.41) is 21.1. The normalized spacial score (nSPS) is 13.7. The Morgan fingerprint density at radius 3 is 2.51 bits per heavy atom. The number of likely N-dealkylation sites (tertiary alicyclic amines) is 1. The summed E-state index contributed by atoms with van der Waals surface area (Å²) in [5.74, 6) is 1.40. The molecule has 0 spiro atoms. The van der Waals surface area contributed by atoms with E-state index in [0.717, 1.165) is 31.8 Å². The lowest BCUT2D eigenvalue weighted by molar-refractivity contribution is -0.116. The number of benzene rings is 1. The van der Waals surface area contributed by atoms with Gasteiger partial charge >= 0.3 is 0 Å². The molecule has 3 N–H and O–H groups in total. The standard InChI is InChI=1S/C25H33N9O3.C2H6/c1-16-8-11-34(12-9-16)13-10-21(35)29-20-14-19(22(31-30-20)25(36)26-2)28-18-7-5-6-17(23(18)37-4)24-27-15-33(3)32-24;1-2/h5-7,14-16H,8-13H2,1-4H3,(H,26,36)(H2,28,29,30,35);1-2H3. The van der Waals surface area contributed by atoms with Gasteiger partial charge < -0.3 is 25.6 Å². The molecule has 0 atom stereocenters. The zero-order chi connectivity index (χ0) is 28.4. The lowest BCUT2D eigenvalue weighted by Crippen LogP contribution is -2.35. The smallest absolute Gasteiger partial charge is 0.273 e. The highest BCUT2D eigenvalue weighted by Gasteiger charge is 2.20. The topological polar surface area (TPSA) is 139 Å². The fourth-order valence-corrected chi connectivity index (χ4v) is 4.22. The zero-order valence-electron chi connectivity index (χ0n) is 23.6. The van der Waals surface area contributed by atoms with Crippen LogP contribution in [0.5, 0.6) is 5.75 Å². The number of methoxy groups -OCH3 is 1. The SMILES string of the molecule is CC.CNC(=O)c1nnc(NC(=O)CCN2CCC(C)CC2)cc1Nc1cccc(-c2ncn(C)n2)c1OC. The molecule has 0 radical (unpaired) electrons. The van der Waals surface area contributed by atoms with E-state index in [0.29, 0.717) is 41.5 Å². The molecule has 39 heavy (non-hydrogen) atoms. The van der Waals surface area contributed by atoms with Gasteiger partial charge in [-0.15, -0.1) is 10.2 Å². The molecule has 1 fully saturated rings. The van der Waals surface area contributed by atoms with Crippen LogP contribution >= 0.6 is 0 Å². The van der Waals surface area contributed by atoms with Crippen LogP contribution in [0.1, 0.15) is 50.5 Å². The van der Waals surface area contributed by atoms with Gasteiger partial charge in [0.1, 0.15) is 6.33 Å². The Morgan fingerprint density at radius 2 is 1.87 bits per heavy atom. The maximum atomic E-state index is 12.6. The molecule has 0 aliphatic carbocycles. The predicted molar refractivity (Wildman–Crippen MR) is 151 cm³/mol. The molecule has 1 saturated heterocycles. The van der Waals surface area contributed by atoms with E-state index in [1.54, 1.807) is 37.3 Å². The first-order valence-electron chi connectivity index (χ1n) is 13.3. The van der Waals surface area contributed by atoms with Gasteiger partial charge in [-0.1, -0.05) is 26.8 Å². The first kappa shape index (κ1) is 29.5. The number of ether oxygens (including phenoxy) is 1. The van der Waals surface area contributed by atoms with Crippen LogP contribution < -0.4 is 20.7 Å². The van der Waals surface area contributed by atoms with Crippen molar-refractivity contribution >= 4 is 29.0 Å². The summed E-state index contributed by atoms with van der Waals surface area (Å²) in [6, 6.07) is 7.06. The zero-order valence-corrected chi connectivity index (χ0v) is 23.6. The second-order valence-electron chi connectivity index (χ2n) is 9.15. The first-order valence-corrected chi connectivity index (χ1v) is 13.3. The van der Waals surface area contributed by atoms with Crippen LogP contribution in [0.2, 0.25) is 0 Å². The lowest BCUT2D eigenvalue weighted by Gasteiger charge is -2.29. The molecule has 1 aliphatic heterocycles. The van der Waals surface area contributed by atoms with Crippen molar-refractivity contribution in [3.8, 4) is 17.1 Å². The third-order valence-corrected chi connectivity index (χ3v) is 6.36. The molecule has 3 aromatic rings. The highest BCUT2D eigenvalue weighted by atomic mass is 16.5. The molecule has 0 bridgehead atoms. The predicted octanol–water partition coefficient (Wildman–Crippen LogP) is 3.47. The van der Waals surface area contributed by atoms with Crippen LogP contribution in [0.25, 0.3) is 11.4 Å². The Bertz CT molecular complexity index is 1250. The van der Waals surface area contributed by atoms with Crippen LogP contribution in [0.3, 0.4) is 0 Å². The first-order chi connectivity index (χ1) is 18.9. The van der Waals surface area contributed by atoms with Crippen molar-refractivity contribution in [1.82, 2.24) is 35.2 Å². The Kier molecular flexibility index (Phi) is 10.7. The van der Waals surface area contributed by atoms with Crippen molar-refractivity contribution in [2.24, 2.45) is 13.0 Å². The van der Waals surface area contributed by atoms with E-state index in [2.05, 4.69) is 48.1 Å². The monoisotopic (exact) mass is 537 g/mol. The molecule has 3 heterocycles. The quantitative estimate of drug-likeness (QED) is 0.374. The van der Waals surface area contributed by atoms with Crippen molar-refractivity contribution in [1.29, 1.82) is 0 Å². The number of rotatable bonds is 9. The van der Waals surface area contributed by atoms with Gasteiger partial charge in [-0.2, -0.15) is 5.10 Å². The molecule has 0 saturated carbocycles.